The lowest BCUT2D eigenvalue weighted by molar-refractivity contribution is -0.133. The number of amides is 1. The minimum absolute atomic E-state index is 0.199. The van der Waals surface area contributed by atoms with Crippen LogP contribution in [0.5, 0.6) is 5.75 Å². The zero-order valence-electron chi connectivity index (χ0n) is 15.2. The molecule has 0 unspecified atom stereocenters. The smallest absolute Gasteiger partial charge is 0.352 e. The second-order valence-corrected chi connectivity index (χ2v) is 5.84. The molecule has 2 rings (SSSR count). The van der Waals surface area contributed by atoms with Gasteiger partial charge in [0.05, 0.1) is 6.61 Å². The van der Waals surface area contributed by atoms with Crippen molar-refractivity contribution in [3.05, 3.63) is 83.6 Å². The van der Waals surface area contributed by atoms with E-state index in [0.29, 0.717) is 17.9 Å². The Morgan fingerprint density at radius 1 is 1.07 bits per heavy atom. The molecule has 27 heavy (non-hydrogen) atoms. The van der Waals surface area contributed by atoms with Crippen LogP contribution in [0.15, 0.2) is 72.4 Å². The summed E-state index contributed by atoms with van der Waals surface area (Å²) < 4.78 is 5.55. The maximum atomic E-state index is 12.3. The maximum absolute atomic E-state index is 12.3. The molecule has 2 N–H and O–H groups in total. The number of carboxylic acid groups (broad SMARTS) is 1. The number of unbranched alkanes of at least 4 members (excludes halogenated alkanes) is 1. The van der Waals surface area contributed by atoms with Crippen molar-refractivity contribution in [1.29, 1.82) is 0 Å². The summed E-state index contributed by atoms with van der Waals surface area (Å²) in [5.41, 5.74) is 1.09. The van der Waals surface area contributed by atoms with Crippen LogP contribution in [-0.4, -0.2) is 23.6 Å². The van der Waals surface area contributed by atoms with E-state index >= 15 is 0 Å². The van der Waals surface area contributed by atoms with Crippen LogP contribution in [0.25, 0.3) is 6.08 Å². The van der Waals surface area contributed by atoms with Gasteiger partial charge in [0.15, 0.2) is 0 Å². The molecule has 0 fully saturated rings. The fraction of sp³-hybridized carbons (Fsp3) is 0.182. The topological polar surface area (TPSA) is 75.6 Å². The van der Waals surface area contributed by atoms with Gasteiger partial charge in [0.2, 0.25) is 0 Å². The molecule has 2 aromatic carbocycles. The van der Waals surface area contributed by atoms with E-state index in [2.05, 4.69) is 12.2 Å². The highest BCUT2D eigenvalue weighted by atomic mass is 16.5. The molecule has 0 aliphatic carbocycles. The van der Waals surface area contributed by atoms with Gasteiger partial charge in [-0.1, -0.05) is 55.8 Å². The lowest BCUT2D eigenvalue weighted by Gasteiger charge is -2.08. The van der Waals surface area contributed by atoms with E-state index in [1.54, 1.807) is 36.4 Å². The van der Waals surface area contributed by atoms with Crippen LogP contribution in [0.1, 0.15) is 35.7 Å². The molecule has 140 valence electrons. The third-order valence-corrected chi connectivity index (χ3v) is 3.71. The predicted molar refractivity (Wildman–Crippen MR) is 106 cm³/mol. The number of rotatable bonds is 9. The van der Waals surface area contributed by atoms with Gasteiger partial charge in [0.25, 0.3) is 5.91 Å². The number of aliphatic carboxylic acids is 1. The van der Waals surface area contributed by atoms with Gasteiger partial charge in [-0.05, 0) is 42.3 Å². The molecule has 0 aliphatic rings. The Kier molecular flexibility index (Phi) is 7.85. The first-order valence-corrected chi connectivity index (χ1v) is 8.81. The molecule has 0 heterocycles. The van der Waals surface area contributed by atoms with Gasteiger partial charge >= 0.3 is 5.97 Å². The van der Waals surface area contributed by atoms with E-state index in [1.807, 2.05) is 30.3 Å². The van der Waals surface area contributed by atoms with Crippen molar-refractivity contribution in [3.8, 4) is 5.75 Å². The molecule has 0 aliphatic heterocycles. The summed E-state index contributed by atoms with van der Waals surface area (Å²) in [6.45, 7) is 2.71. The first kappa shape index (κ1) is 20.0. The van der Waals surface area contributed by atoms with Gasteiger partial charge in [0.1, 0.15) is 11.4 Å². The fourth-order valence-corrected chi connectivity index (χ4v) is 2.22. The first-order valence-electron chi connectivity index (χ1n) is 8.81. The summed E-state index contributed by atoms with van der Waals surface area (Å²) in [5.74, 6) is -1.02. The Balaban J connectivity index is 2.00. The highest BCUT2D eigenvalue weighted by Crippen LogP contribution is 2.13. The summed E-state index contributed by atoms with van der Waals surface area (Å²) in [6, 6.07) is 16.1. The average molecular weight is 365 g/mol. The van der Waals surface area contributed by atoms with Crippen LogP contribution in [0.3, 0.4) is 0 Å². The van der Waals surface area contributed by atoms with E-state index in [9.17, 15) is 14.7 Å². The molecular weight excluding hydrogens is 342 g/mol. The molecule has 0 spiro atoms. The number of carbonyl (C=O) groups excluding carboxylic acids is 1. The highest BCUT2D eigenvalue weighted by molar-refractivity contribution is 6.00. The molecule has 0 saturated heterocycles. The Morgan fingerprint density at radius 3 is 2.41 bits per heavy atom. The number of carbonyl (C=O) groups is 2. The largest absolute Gasteiger partial charge is 0.494 e. The van der Waals surface area contributed by atoms with Gasteiger partial charge in [-0.25, -0.2) is 4.79 Å². The lowest BCUT2D eigenvalue weighted by atomic mass is 10.2. The van der Waals surface area contributed by atoms with E-state index in [4.69, 9.17) is 4.74 Å². The summed E-state index contributed by atoms with van der Waals surface area (Å²) in [4.78, 5) is 23.7. The van der Waals surface area contributed by atoms with E-state index < -0.39 is 11.9 Å². The van der Waals surface area contributed by atoms with Crippen molar-refractivity contribution in [1.82, 2.24) is 5.32 Å². The highest BCUT2D eigenvalue weighted by Gasteiger charge is 2.12. The summed E-state index contributed by atoms with van der Waals surface area (Å²) in [6.07, 6.45) is 6.71. The minimum Gasteiger partial charge on any atom is -0.494 e. The molecule has 0 bridgehead atoms. The maximum Gasteiger partial charge on any atom is 0.352 e. The number of hydrogen-bond donors (Lipinski definition) is 2. The van der Waals surface area contributed by atoms with E-state index in [0.717, 1.165) is 18.4 Å². The third-order valence-electron chi connectivity index (χ3n) is 3.71. The summed E-state index contributed by atoms with van der Waals surface area (Å²) in [5, 5.41) is 11.7. The zero-order valence-corrected chi connectivity index (χ0v) is 15.2. The van der Waals surface area contributed by atoms with E-state index in [-0.39, 0.29) is 5.70 Å². The van der Waals surface area contributed by atoms with Crippen LogP contribution in [0.2, 0.25) is 0 Å². The number of hydrogen-bond acceptors (Lipinski definition) is 3. The summed E-state index contributed by atoms with van der Waals surface area (Å²) >= 11 is 0. The van der Waals surface area contributed by atoms with Crippen molar-refractivity contribution >= 4 is 18.0 Å². The minimum atomic E-state index is -1.21. The van der Waals surface area contributed by atoms with Gasteiger partial charge in [-0.3, -0.25) is 4.79 Å². The van der Waals surface area contributed by atoms with Crippen molar-refractivity contribution in [2.45, 2.75) is 19.8 Å². The van der Waals surface area contributed by atoms with Gasteiger partial charge in [0, 0.05) is 5.56 Å². The quantitative estimate of drug-likeness (QED) is 0.395. The molecular formula is C22H23NO4. The third kappa shape index (κ3) is 6.82. The number of nitrogens with one attached hydrogen (secondary N) is 1. The molecule has 2 aromatic rings. The van der Waals surface area contributed by atoms with Crippen LogP contribution >= 0.6 is 0 Å². The standard InChI is InChI=1S/C22H23NO4/c1-2-3-16-27-19-14-12-18(13-15-19)21(24)23-20(22(25)26)11-7-10-17-8-5-4-6-9-17/h4-15H,2-3,16H2,1H3,(H,23,24)(H,25,26)/b10-7+,20-11-. The Hall–Kier alpha value is -3.34. The SMILES string of the molecule is CCCCOc1ccc(C(=O)N/C(=C\C=C\c2ccccc2)C(=O)O)cc1. The number of allylic oxidation sites excluding steroid dienone is 2. The molecule has 1 amide bonds. The second kappa shape index (κ2) is 10.6. The van der Waals surface area contributed by atoms with Crippen molar-refractivity contribution in [2.75, 3.05) is 6.61 Å². The molecule has 5 heteroatoms. The number of benzene rings is 2. The Bertz CT molecular complexity index is 808. The van der Waals surface area contributed by atoms with Gasteiger partial charge in [-0.2, -0.15) is 0 Å². The van der Waals surface area contributed by atoms with Crippen molar-refractivity contribution in [3.63, 3.8) is 0 Å². The monoisotopic (exact) mass is 365 g/mol. The first-order chi connectivity index (χ1) is 13.1. The lowest BCUT2D eigenvalue weighted by Crippen LogP contribution is -2.27. The van der Waals surface area contributed by atoms with Crippen LogP contribution in [0, 0.1) is 0 Å². The molecule has 0 radical (unpaired) electrons. The average Bonchev–Trinajstić information content (AvgIpc) is 2.68. The van der Waals surface area contributed by atoms with Gasteiger partial charge in [-0.15, -0.1) is 0 Å². The van der Waals surface area contributed by atoms with Crippen LogP contribution in [0.4, 0.5) is 0 Å². The molecule has 5 nitrogen and oxygen atoms in total. The summed E-state index contributed by atoms with van der Waals surface area (Å²) in [7, 11) is 0. The molecule has 0 atom stereocenters. The van der Waals surface area contributed by atoms with Crippen LogP contribution in [-0.2, 0) is 4.79 Å². The van der Waals surface area contributed by atoms with Crippen LogP contribution < -0.4 is 10.1 Å². The fourth-order valence-electron chi connectivity index (χ4n) is 2.22. The molecule has 0 saturated carbocycles. The Labute approximate surface area is 159 Å². The Morgan fingerprint density at radius 2 is 1.78 bits per heavy atom. The zero-order chi connectivity index (χ0) is 19.5. The van der Waals surface area contributed by atoms with Crippen molar-refractivity contribution < 1.29 is 19.4 Å². The predicted octanol–water partition coefficient (Wildman–Crippen LogP) is 4.28. The number of ether oxygens (including phenoxy) is 1. The van der Waals surface area contributed by atoms with Crippen molar-refractivity contribution in [2.24, 2.45) is 0 Å². The van der Waals surface area contributed by atoms with E-state index in [1.165, 1.54) is 6.08 Å². The molecule has 0 aromatic heterocycles. The number of carboxylic acids is 1. The second-order valence-electron chi connectivity index (χ2n) is 5.84. The van der Waals surface area contributed by atoms with Gasteiger partial charge < -0.3 is 15.2 Å². The normalized spacial score (nSPS) is 11.4.